The Labute approximate surface area is 184 Å². The third kappa shape index (κ3) is 5.88. The second-order valence-corrected chi connectivity index (χ2v) is 9.31. The van der Waals surface area contributed by atoms with Gasteiger partial charge in [-0.3, -0.25) is 10.1 Å². The lowest BCUT2D eigenvalue weighted by atomic mass is 10.0. The normalized spacial score (nSPS) is 12.1. The predicted molar refractivity (Wildman–Crippen MR) is 112 cm³/mol. The highest BCUT2D eigenvalue weighted by Gasteiger charge is 2.32. The van der Waals surface area contributed by atoms with Crippen LogP contribution >= 0.6 is 0 Å². The molecule has 0 aliphatic carbocycles. The van der Waals surface area contributed by atoms with Crippen LogP contribution in [0.25, 0.3) is 0 Å². The first-order valence-corrected chi connectivity index (χ1v) is 11.2. The number of sulfone groups is 1. The molecule has 170 valence electrons. The van der Waals surface area contributed by atoms with E-state index in [0.29, 0.717) is 5.56 Å². The number of hydrogen-bond donors (Lipinski definition) is 2. The van der Waals surface area contributed by atoms with Crippen molar-refractivity contribution in [2.45, 2.75) is 38.4 Å². The fourth-order valence-electron chi connectivity index (χ4n) is 2.66. The van der Waals surface area contributed by atoms with Gasteiger partial charge in [-0.25, -0.2) is 13.2 Å². The first kappa shape index (κ1) is 24.5. The Morgan fingerprint density at radius 3 is 2.53 bits per heavy atom. The molecule has 32 heavy (non-hydrogen) atoms. The van der Waals surface area contributed by atoms with E-state index in [1.807, 2.05) is 6.07 Å². The van der Waals surface area contributed by atoms with Gasteiger partial charge in [0.15, 0.2) is 0 Å². The Hall–Kier alpha value is -3.79. The molecule has 0 spiro atoms. The van der Waals surface area contributed by atoms with Gasteiger partial charge in [-0.1, -0.05) is 19.9 Å². The first-order valence-electron chi connectivity index (χ1n) is 9.28. The molecule has 1 heterocycles. The molecule has 1 atom stereocenters. The topological polar surface area (TPSA) is 185 Å². The maximum Gasteiger partial charge on any atom is 0.373 e. The van der Waals surface area contributed by atoms with Crippen molar-refractivity contribution in [2.24, 2.45) is 5.92 Å². The first-order chi connectivity index (χ1) is 14.8. The number of carbonyl (C=O) groups is 1. The maximum atomic E-state index is 12.1. The number of rotatable bonds is 9. The molecule has 0 amide bonds. The van der Waals surface area contributed by atoms with Crippen molar-refractivity contribution in [3.05, 3.63) is 39.4 Å². The molecule has 0 aliphatic heterocycles. The van der Waals surface area contributed by atoms with Gasteiger partial charge in [-0.05, 0) is 37.0 Å². The lowest BCUT2D eigenvalue weighted by Crippen LogP contribution is -2.31. The van der Waals surface area contributed by atoms with Gasteiger partial charge in [0.05, 0.1) is 16.6 Å². The van der Waals surface area contributed by atoms with Gasteiger partial charge in [-0.2, -0.15) is 15.2 Å². The van der Waals surface area contributed by atoms with Crippen LogP contribution in [0, 0.1) is 34.3 Å². The van der Waals surface area contributed by atoms with Gasteiger partial charge in [0, 0.05) is 6.26 Å². The molecular formula is C19H21N5O7S. The monoisotopic (exact) mass is 463 g/mol. The van der Waals surface area contributed by atoms with Crippen molar-refractivity contribution >= 4 is 27.3 Å². The summed E-state index contributed by atoms with van der Waals surface area (Å²) >= 11 is 0. The van der Waals surface area contributed by atoms with Gasteiger partial charge < -0.3 is 15.2 Å². The maximum absolute atomic E-state index is 12.1. The van der Waals surface area contributed by atoms with Crippen LogP contribution in [0.5, 0.6) is 11.6 Å². The number of nitrogens with one attached hydrogen (secondary N) is 1. The summed E-state index contributed by atoms with van der Waals surface area (Å²) in [5.74, 6) is -2.67. The fourth-order valence-corrected chi connectivity index (χ4v) is 3.16. The van der Waals surface area contributed by atoms with Crippen LogP contribution in [0.2, 0.25) is 0 Å². The average molecular weight is 463 g/mol. The molecule has 0 saturated carbocycles. The molecule has 0 fully saturated rings. The van der Waals surface area contributed by atoms with E-state index >= 15 is 0 Å². The number of aliphatic carboxylic acids is 1. The number of aromatic nitrogens is 2. The number of hydrogen-bond acceptors (Lipinski definition) is 10. The number of ether oxygens (including phenoxy) is 1. The van der Waals surface area contributed by atoms with Crippen molar-refractivity contribution < 1.29 is 28.0 Å². The van der Waals surface area contributed by atoms with Crippen LogP contribution < -0.4 is 10.1 Å². The summed E-state index contributed by atoms with van der Waals surface area (Å²) in [5.41, 5.74) is -0.142. The largest absolute Gasteiger partial charge is 0.480 e. The van der Waals surface area contributed by atoms with Crippen molar-refractivity contribution in [3.8, 4) is 17.7 Å². The standard InChI is InChI=1S/C19H21N5O7S/c1-10(2)7-13(18(25)26)21-16-15(24(27)28)17(23-19(22-16)32(4,29)30)31-14-8-12(9-20)6-5-11(14)3/h5-6,8,10,13H,7H2,1-4H3,(H,25,26)(H,21,22,23). The molecule has 1 aromatic carbocycles. The lowest BCUT2D eigenvalue weighted by molar-refractivity contribution is -0.385. The third-order valence-electron chi connectivity index (χ3n) is 4.19. The number of aryl methyl sites for hydroxylation is 1. The Bertz CT molecular complexity index is 1210. The lowest BCUT2D eigenvalue weighted by Gasteiger charge is -2.18. The van der Waals surface area contributed by atoms with Crippen molar-refractivity contribution in [3.63, 3.8) is 0 Å². The summed E-state index contributed by atoms with van der Waals surface area (Å²) in [4.78, 5) is 30.0. The molecule has 12 nitrogen and oxygen atoms in total. The van der Waals surface area contributed by atoms with Gasteiger partial charge in [-0.15, -0.1) is 0 Å². The SMILES string of the molecule is Cc1ccc(C#N)cc1Oc1nc(S(C)(=O)=O)nc(NC(CC(C)C)C(=O)O)c1[N+](=O)[O-]. The van der Waals surface area contributed by atoms with E-state index in [0.717, 1.165) is 6.26 Å². The third-order valence-corrected chi connectivity index (χ3v) is 5.03. The summed E-state index contributed by atoms with van der Waals surface area (Å²) in [5, 5.41) is 32.1. The molecule has 1 unspecified atom stereocenters. The van der Waals surface area contributed by atoms with Gasteiger partial charge in [0.1, 0.15) is 11.8 Å². The number of nitro groups is 1. The summed E-state index contributed by atoms with van der Waals surface area (Å²) in [6.07, 6.45) is 0.885. The molecule has 2 aromatic rings. The highest BCUT2D eigenvalue weighted by Crippen LogP contribution is 2.37. The smallest absolute Gasteiger partial charge is 0.373 e. The van der Waals surface area contributed by atoms with E-state index in [1.165, 1.54) is 12.1 Å². The van der Waals surface area contributed by atoms with Crippen LogP contribution in [-0.2, 0) is 14.6 Å². The van der Waals surface area contributed by atoms with E-state index in [1.54, 1.807) is 26.8 Å². The number of carboxylic acid groups (broad SMARTS) is 1. The van der Waals surface area contributed by atoms with Crippen LogP contribution in [0.4, 0.5) is 11.5 Å². The van der Waals surface area contributed by atoms with E-state index in [2.05, 4.69) is 15.3 Å². The Morgan fingerprint density at radius 2 is 2.03 bits per heavy atom. The molecule has 1 aromatic heterocycles. The Morgan fingerprint density at radius 1 is 1.38 bits per heavy atom. The highest BCUT2D eigenvalue weighted by atomic mass is 32.2. The number of carboxylic acids is 1. The second kappa shape index (κ2) is 9.56. The number of anilines is 1. The highest BCUT2D eigenvalue weighted by molar-refractivity contribution is 7.90. The quantitative estimate of drug-likeness (QED) is 0.316. The minimum absolute atomic E-state index is 0.0354. The zero-order chi connectivity index (χ0) is 24.2. The Balaban J connectivity index is 2.73. The zero-order valence-electron chi connectivity index (χ0n) is 17.7. The Kier molecular flexibility index (Phi) is 7.32. The van der Waals surface area contributed by atoms with Gasteiger partial charge in [0.25, 0.3) is 5.16 Å². The van der Waals surface area contributed by atoms with Crippen LogP contribution in [0.15, 0.2) is 23.4 Å². The van der Waals surface area contributed by atoms with E-state index in [-0.39, 0.29) is 23.7 Å². The fraction of sp³-hybridized carbons (Fsp3) is 0.368. The summed E-state index contributed by atoms with van der Waals surface area (Å²) < 4.78 is 29.7. The minimum Gasteiger partial charge on any atom is -0.480 e. The van der Waals surface area contributed by atoms with Crippen LogP contribution in [0.3, 0.4) is 0 Å². The number of nitrogens with zero attached hydrogens (tertiary/aromatic N) is 4. The summed E-state index contributed by atoms with van der Waals surface area (Å²) in [7, 11) is -4.05. The van der Waals surface area contributed by atoms with Crippen molar-refractivity contribution in [1.82, 2.24) is 9.97 Å². The second-order valence-electron chi connectivity index (χ2n) is 7.40. The van der Waals surface area contributed by atoms with E-state index in [9.17, 15) is 28.4 Å². The molecule has 2 rings (SSSR count). The molecule has 13 heteroatoms. The predicted octanol–water partition coefficient (Wildman–Crippen LogP) is 2.67. The molecule has 0 radical (unpaired) electrons. The summed E-state index contributed by atoms with van der Waals surface area (Å²) in [6.45, 7) is 5.13. The molecule has 0 saturated heterocycles. The van der Waals surface area contributed by atoms with E-state index < -0.39 is 49.3 Å². The molecular weight excluding hydrogens is 442 g/mol. The molecule has 2 N–H and O–H groups in total. The molecule has 0 aliphatic rings. The average Bonchev–Trinajstić information content (AvgIpc) is 2.67. The zero-order valence-corrected chi connectivity index (χ0v) is 18.5. The van der Waals surface area contributed by atoms with Crippen LogP contribution in [0.1, 0.15) is 31.4 Å². The minimum atomic E-state index is -4.05. The number of nitriles is 1. The number of benzene rings is 1. The van der Waals surface area contributed by atoms with Crippen molar-refractivity contribution in [2.75, 3.05) is 11.6 Å². The summed E-state index contributed by atoms with van der Waals surface area (Å²) in [6, 6.07) is 4.98. The molecule has 0 bridgehead atoms. The van der Waals surface area contributed by atoms with Crippen LogP contribution in [-0.4, -0.2) is 46.7 Å². The van der Waals surface area contributed by atoms with Gasteiger partial charge >= 0.3 is 17.5 Å². The van der Waals surface area contributed by atoms with Crippen molar-refractivity contribution in [1.29, 1.82) is 5.26 Å². The van der Waals surface area contributed by atoms with E-state index in [4.69, 9.17) is 10.00 Å². The van der Waals surface area contributed by atoms with Gasteiger partial charge in [0.2, 0.25) is 15.7 Å².